The molecular weight excluding hydrogens is 476 g/mol. The molecule has 2 fully saturated rings. The van der Waals surface area contributed by atoms with E-state index in [0.29, 0.717) is 31.0 Å². The minimum absolute atomic E-state index is 0.221. The quantitative estimate of drug-likeness (QED) is 0.553. The van der Waals surface area contributed by atoms with Gasteiger partial charge < -0.3 is 19.4 Å². The first-order valence-corrected chi connectivity index (χ1v) is 12.2. The van der Waals surface area contributed by atoms with Crippen molar-refractivity contribution >= 4 is 11.6 Å². The van der Waals surface area contributed by atoms with Crippen LogP contribution in [0, 0.1) is 5.82 Å². The van der Waals surface area contributed by atoms with Gasteiger partial charge in [0.2, 0.25) is 0 Å². The molecule has 0 spiro atoms. The number of methoxy groups -OCH3 is 1. The van der Waals surface area contributed by atoms with Gasteiger partial charge in [-0.1, -0.05) is 13.0 Å². The van der Waals surface area contributed by atoms with Gasteiger partial charge in [0, 0.05) is 58.9 Å². The number of ether oxygens (including phenoxy) is 1. The second kappa shape index (κ2) is 11.0. The molecule has 196 valence electrons. The summed E-state index contributed by atoms with van der Waals surface area (Å²) in [6.45, 7) is 9.48. The van der Waals surface area contributed by atoms with Crippen molar-refractivity contribution in [2.24, 2.45) is 0 Å². The molecule has 10 heteroatoms. The van der Waals surface area contributed by atoms with Crippen molar-refractivity contribution < 1.29 is 27.1 Å². The summed E-state index contributed by atoms with van der Waals surface area (Å²) >= 11 is 0. The zero-order valence-corrected chi connectivity index (χ0v) is 20.7. The van der Waals surface area contributed by atoms with Gasteiger partial charge in [-0.05, 0) is 42.4 Å². The lowest BCUT2D eigenvalue weighted by Gasteiger charge is -2.37. The van der Waals surface area contributed by atoms with Gasteiger partial charge in [0.05, 0.1) is 23.9 Å². The van der Waals surface area contributed by atoms with Crippen LogP contribution in [0.3, 0.4) is 0 Å². The number of hydrogen-bond acceptors (Lipinski definition) is 5. The Labute approximate surface area is 209 Å². The summed E-state index contributed by atoms with van der Waals surface area (Å²) in [5.74, 6) is -0.977. The maximum absolute atomic E-state index is 13.7. The molecule has 0 aromatic heterocycles. The molecule has 4 rings (SSSR count). The number of carbonyl (C=O) groups excluding carboxylic acids is 1. The Hall–Kier alpha value is -2.85. The highest BCUT2D eigenvalue weighted by molar-refractivity contribution is 5.96. The Balaban J connectivity index is 1.44. The van der Waals surface area contributed by atoms with Crippen molar-refractivity contribution in [1.82, 2.24) is 14.7 Å². The third-order valence-corrected chi connectivity index (χ3v) is 6.99. The SMILES string of the molecule is CCN1CCN(Cc2ccc(OC)c(N3CCN(C(=O)c4cc(F)ccc4C(F)(F)F)CC3)c2)CC1. The maximum Gasteiger partial charge on any atom is 0.417 e. The summed E-state index contributed by atoms with van der Waals surface area (Å²) in [7, 11) is 1.60. The molecule has 0 aliphatic carbocycles. The summed E-state index contributed by atoms with van der Waals surface area (Å²) < 4.78 is 59.5. The second-order valence-corrected chi connectivity index (χ2v) is 9.18. The van der Waals surface area contributed by atoms with E-state index < -0.39 is 29.0 Å². The summed E-state index contributed by atoms with van der Waals surface area (Å²) in [4.78, 5) is 21.2. The van der Waals surface area contributed by atoms with Gasteiger partial charge in [0.1, 0.15) is 11.6 Å². The summed E-state index contributed by atoms with van der Waals surface area (Å²) in [5, 5.41) is 0. The lowest BCUT2D eigenvalue weighted by atomic mass is 10.0. The van der Waals surface area contributed by atoms with Gasteiger partial charge >= 0.3 is 6.18 Å². The van der Waals surface area contributed by atoms with Crippen molar-refractivity contribution in [3.05, 3.63) is 58.9 Å². The number of rotatable bonds is 6. The smallest absolute Gasteiger partial charge is 0.417 e. The Kier molecular flexibility index (Phi) is 8.04. The van der Waals surface area contributed by atoms with Crippen molar-refractivity contribution in [3.63, 3.8) is 0 Å². The molecule has 0 bridgehead atoms. The molecule has 2 aliphatic heterocycles. The monoisotopic (exact) mass is 508 g/mol. The Morgan fingerprint density at radius 2 is 1.58 bits per heavy atom. The fourth-order valence-corrected chi connectivity index (χ4v) is 4.86. The number of benzene rings is 2. The molecule has 2 aromatic rings. The van der Waals surface area contributed by atoms with Crippen LogP contribution in [0.25, 0.3) is 0 Å². The van der Waals surface area contributed by atoms with Crippen molar-refractivity contribution in [2.75, 3.05) is 70.9 Å². The van der Waals surface area contributed by atoms with E-state index >= 15 is 0 Å². The van der Waals surface area contributed by atoms with Crippen LogP contribution in [0.2, 0.25) is 0 Å². The first-order chi connectivity index (χ1) is 17.2. The van der Waals surface area contributed by atoms with Crippen molar-refractivity contribution in [3.8, 4) is 5.75 Å². The van der Waals surface area contributed by atoms with E-state index in [1.165, 1.54) is 4.90 Å². The van der Waals surface area contributed by atoms with Crippen LogP contribution >= 0.6 is 0 Å². The predicted molar refractivity (Wildman–Crippen MR) is 130 cm³/mol. The Morgan fingerprint density at radius 1 is 0.917 bits per heavy atom. The summed E-state index contributed by atoms with van der Waals surface area (Å²) in [6.07, 6.45) is -4.74. The molecule has 0 saturated carbocycles. The van der Waals surface area contributed by atoms with Gasteiger partial charge in [-0.25, -0.2) is 4.39 Å². The van der Waals surface area contributed by atoms with Gasteiger partial charge in [-0.3, -0.25) is 9.69 Å². The molecule has 2 heterocycles. The Morgan fingerprint density at radius 3 is 2.19 bits per heavy atom. The van der Waals surface area contributed by atoms with E-state index in [1.54, 1.807) is 7.11 Å². The highest BCUT2D eigenvalue weighted by Gasteiger charge is 2.37. The van der Waals surface area contributed by atoms with Crippen LogP contribution in [-0.4, -0.2) is 86.6 Å². The molecule has 0 unspecified atom stereocenters. The lowest BCUT2D eigenvalue weighted by Crippen LogP contribution is -2.49. The fourth-order valence-electron chi connectivity index (χ4n) is 4.86. The lowest BCUT2D eigenvalue weighted by molar-refractivity contribution is -0.138. The molecule has 0 radical (unpaired) electrons. The summed E-state index contributed by atoms with van der Waals surface area (Å²) in [6, 6.07) is 8.10. The largest absolute Gasteiger partial charge is 0.495 e. The van der Waals surface area contributed by atoms with E-state index in [9.17, 15) is 22.4 Å². The first kappa shape index (κ1) is 26.2. The number of likely N-dealkylation sites (N-methyl/N-ethyl adjacent to an activating group) is 1. The van der Waals surface area contributed by atoms with E-state index in [1.807, 2.05) is 6.07 Å². The van der Waals surface area contributed by atoms with Crippen LogP contribution in [0.4, 0.5) is 23.2 Å². The molecule has 2 saturated heterocycles. The number of alkyl halides is 3. The molecule has 1 amide bonds. The Bertz CT molecular complexity index is 1060. The highest BCUT2D eigenvalue weighted by Crippen LogP contribution is 2.34. The zero-order chi connectivity index (χ0) is 25.9. The zero-order valence-electron chi connectivity index (χ0n) is 20.7. The van der Waals surface area contributed by atoms with Gasteiger partial charge in [0.15, 0.2) is 0 Å². The van der Waals surface area contributed by atoms with Gasteiger partial charge in [-0.15, -0.1) is 0 Å². The normalized spacial score (nSPS) is 17.9. The molecular formula is C26H32F4N4O2. The number of carbonyl (C=O) groups is 1. The van der Waals surface area contributed by atoms with E-state index in [4.69, 9.17) is 4.74 Å². The minimum atomic E-state index is -4.74. The average molecular weight is 509 g/mol. The average Bonchev–Trinajstić information content (AvgIpc) is 2.88. The number of anilines is 1. The highest BCUT2D eigenvalue weighted by atomic mass is 19.4. The molecule has 0 N–H and O–H groups in total. The number of piperazine rings is 2. The van der Waals surface area contributed by atoms with Crippen LogP contribution in [0.5, 0.6) is 5.75 Å². The predicted octanol–water partition coefficient (Wildman–Crippen LogP) is 3.95. The molecule has 2 aliphatic rings. The number of halogens is 4. The number of hydrogen-bond donors (Lipinski definition) is 0. The van der Waals surface area contributed by atoms with Crippen LogP contribution in [0.15, 0.2) is 36.4 Å². The molecule has 2 aromatic carbocycles. The maximum atomic E-state index is 13.7. The van der Waals surface area contributed by atoms with Crippen LogP contribution in [0.1, 0.15) is 28.4 Å². The third-order valence-electron chi connectivity index (χ3n) is 6.99. The molecule has 36 heavy (non-hydrogen) atoms. The topological polar surface area (TPSA) is 39.3 Å². The van der Waals surface area contributed by atoms with Crippen LogP contribution in [-0.2, 0) is 12.7 Å². The van der Waals surface area contributed by atoms with Gasteiger partial charge in [0.25, 0.3) is 5.91 Å². The summed E-state index contributed by atoms with van der Waals surface area (Å²) in [5.41, 5.74) is 0.282. The second-order valence-electron chi connectivity index (χ2n) is 9.18. The van der Waals surface area contributed by atoms with Crippen molar-refractivity contribution in [2.45, 2.75) is 19.6 Å². The number of nitrogens with zero attached hydrogens (tertiary/aromatic N) is 4. The van der Waals surface area contributed by atoms with Crippen molar-refractivity contribution in [1.29, 1.82) is 0 Å². The standard InChI is InChI=1S/C26H32F4N4O2/c1-3-31-8-10-32(11-9-31)18-19-4-7-24(36-2)23(16-19)33-12-14-34(15-13-33)25(35)21-17-20(27)5-6-22(21)26(28,29)30/h4-7,16-17H,3,8-15,18H2,1-2H3. The van der Waals surface area contributed by atoms with E-state index in [-0.39, 0.29) is 13.1 Å². The van der Waals surface area contributed by atoms with Gasteiger partial charge in [-0.2, -0.15) is 13.2 Å². The van der Waals surface area contributed by atoms with E-state index in [0.717, 1.165) is 56.6 Å². The number of amides is 1. The molecule has 0 atom stereocenters. The minimum Gasteiger partial charge on any atom is -0.495 e. The third kappa shape index (κ3) is 5.92. The molecule has 6 nitrogen and oxygen atoms in total. The van der Waals surface area contributed by atoms with Crippen LogP contribution < -0.4 is 9.64 Å². The fraction of sp³-hybridized carbons (Fsp3) is 0.500. The first-order valence-electron chi connectivity index (χ1n) is 12.2. The van der Waals surface area contributed by atoms with E-state index in [2.05, 4.69) is 33.8 Å².